The van der Waals surface area contributed by atoms with Crippen molar-refractivity contribution in [2.75, 3.05) is 19.8 Å². The van der Waals surface area contributed by atoms with Gasteiger partial charge in [0.2, 0.25) is 0 Å². The molecular formula is C14H24O4Si. The number of benzene rings is 1. The lowest BCUT2D eigenvalue weighted by Crippen LogP contribution is -2.49. The van der Waals surface area contributed by atoms with E-state index in [0.29, 0.717) is 19.8 Å². The number of hydrogen-bond acceptors (Lipinski definition) is 4. The van der Waals surface area contributed by atoms with Crippen LogP contribution in [-0.2, 0) is 17.7 Å². The van der Waals surface area contributed by atoms with Crippen molar-refractivity contribution >= 4 is 9.05 Å². The zero-order chi connectivity index (χ0) is 14.1. The van der Waals surface area contributed by atoms with Crippen molar-refractivity contribution in [2.24, 2.45) is 0 Å². The van der Waals surface area contributed by atoms with E-state index in [1.807, 2.05) is 58.0 Å². The third-order valence-electron chi connectivity index (χ3n) is 2.55. The quantitative estimate of drug-likeness (QED) is 0.652. The molecule has 1 aromatic carbocycles. The van der Waals surface area contributed by atoms with E-state index in [4.69, 9.17) is 17.7 Å². The van der Waals surface area contributed by atoms with E-state index in [2.05, 4.69) is 0 Å². The first kappa shape index (κ1) is 16.3. The Labute approximate surface area is 117 Å². The number of hydrogen-bond donors (Lipinski definition) is 0. The molecule has 0 aliphatic carbocycles. The molecule has 0 aliphatic heterocycles. The first-order chi connectivity index (χ1) is 9.17. The van der Waals surface area contributed by atoms with Crippen molar-refractivity contribution in [3.63, 3.8) is 0 Å². The highest BCUT2D eigenvalue weighted by atomic mass is 28.4. The van der Waals surface area contributed by atoms with Gasteiger partial charge in [-0.15, -0.1) is 0 Å². The van der Waals surface area contributed by atoms with E-state index in [-0.39, 0.29) is 6.10 Å². The lowest BCUT2D eigenvalue weighted by molar-refractivity contribution is -0.0471. The second-order valence-electron chi connectivity index (χ2n) is 3.97. The molecule has 1 aromatic rings. The molecule has 0 saturated heterocycles. The molecule has 0 unspecified atom stereocenters. The van der Waals surface area contributed by atoms with Crippen LogP contribution in [0.5, 0.6) is 0 Å². The molecule has 0 heterocycles. The first-order valence-corrected chi connectivity index (χ1v) is 8.45. The summed E-state index contributed by atoms with van der Waals surface area (Å²) in [4.78, 5) is 0. The summed E-state index contributed by atoms with van der Waals surface area (Å²) in [6.45, 7) is 9.24. The zero-order valence-electron chi connectivity index (χ0n) is 12.2. The highest BCUT2D eigenvalue weighted by molar-refractivity contribution is 6.53. The van der Waals surface area contributed by atoms with Gasteiger partial charge in [0, 0.05) is 19.8 Å². The molecule has 19 heavy (non-hydrogen) atoms. The second kappa shape index (κ2) is 8.45. The van der Waals surface area contributed by atoms with Gasteiger partial charge in [0.05, 0.1) is 6.10 Å². The first-order valence-electron chi connectivity index (χ1n) is 6.82. The molecule has 0 saturated carbocycles. The maximum atomic E-state index is 6.02. The van der Waals surface area contributed by atoms with Crippen molar-refractivity contribution in [3.05, 3.63) is 35.9 Å². The van der Waals surface area contributed by atoms with Gasteiger partial charge < -0.3 is 17.7 Å². The Morgan fingerprint density at radius 3 is 1.79 bits per heavy atom. The molecule has 0 aliphatic rings. The van der Waals surface area contributed by atoms with Crippen LogP contribution in [0.3, 0.4) is 0 Å². The summed E-state index contributed by atoms with van der Waals surface area (Å²) >= 11 is 0. The lowest BCUT2D eigenvalue weighted by Gasteiger charge is -2.29. The van der Waals surface area contributed by atoms with Gasteiger partial charge in [-0.25, -0.2) is 0 Å². The molecule has 0 bridgehead atoms. The van der Waals surface area contributed by atoms with Gasteiger partial charge in [-0.3, -0.25) is 0 Å². The molecule has 0 N–H and O–H groups in total. The Balaban J connectivity index is 2.80. The van der Waals surface area contributed by atoms with Crippen LogP contribution in [0.4, 0.5) is 0 Å². The SMILES string of the molecule is CCO[Si](OCC)(OCC)O[C@H](C)c1ccccc1. The van der Waals surface area contributed by atoms with Gasteiger partial charge >= 0.3 is 9.05 Å². The Bertz CT molecular complexity index is 328. The van der Waals surface area contributed by atoms with Crippen molar-refractivity contribution in [2.45, 2.75) is 33.8 Å². The van der Waals surface area contributed by atoms with E-state index >= 15 is 0 Å². The van der Waals surface area contributed by atoms with Gasteiger partial charge in [-0.2, -0.15) is 0 Å². The van der Waals surface area contributed by atoms with Gasteiger partial charge in [0.1, 0.15) is 0 Å². The standard InChI is InChI=1S/C14H24O4Si/c1-5-15-19(16-6-2,17-7-3)18-13(4)14-11-9-8-10-12-14/h8-13H,5-7H2,1-4H3/t13-/m1/s1. The summed E-state index contributed by atoms with van der Waals surface area (Å²) in [7, 11) is -3.04. The minimum Gasteiger partial charge on any atom is -0.351 e. The van der Waals surface area contributed by atoms with Crippen LogP contribution in [0.25, 0.3) is 0 Å². The maximum absolute atomic E-state index is 6.02. The van der Waals surface area contributed by atoms with Crippen LogP contribution < -0.4 is 0 Å². The minimum absolute atomic E-state index is 0.127. The molecule has 0 aromatic heterocycles. The van der Waals surface area contributed by atoms with Crippen molar-refractivity contribution in [1.29, 1.82) is 0 Å². The molecule has 4 nitrogen and oxygen atoms in total. The fourth-order valence-corrected chi connectivity index (χ4v) is 3.85. The predicted octanol–water partition coefficient (Wildman–Crippen LogP) is 3.31. The van der Waals surface area contributed by atoms with Gasteiger partial charge in [-0.05, 0) is 33.3 Å². The molecule has 0 fully saturated rings. The molecular weight excluding hydrogens is 260 g/mol. The molecule has 108 valence electrons. The molecule has 0 amide bonds. The van der Waals surface area contributed by atoms with E-state index in [1.54, 1.807) is 0 Å². The third kappa shape index (κ3) is 5.04. The summed E-state index contributed by atoms with van der Waals surface area (Å²) in [6.07, 6.45) is -0.127. The highest BCUT2D eigenvalue weighted by Crippen LogP contribution is 2.24. The third-order valence-corrected chi connectivity index (χ3v) is 5.12. The lowest BCUT2D eigenvalue weighted by atomic mass is 10.1. The summed E-state index contributed by atoms with van der Waals surface area (Å²) in [6, 6.07) is 10.00. The largest absolute Gasteiger partial charge is 0.680 e. The van der Waals surface area contributed by atoms with Crippen LogP contribution in [0, 0.1) is 0 Å². The molecule has 5 heteroatoms. The fraction of sp³-hybridized carbons (Fsp3) is 0.571. The Kier molecular flexibility index (Phi) is 7.26. The van der Waals surface area contributed by atoms with E-state index in [1.165, 1.54) is 0 Å². The van der Waals surface area contributed by atoms with Crippen molar-refractivity contribution < 1.29 is 17.7 Å². The highest BCUT2D eigenvalue weighted by Gasteiger charge is 2.46. The monoisotopic (exact) mass is 284 g/mol. The van der Waals surface area contributed by atoms with Crippen molar-refractivity contribution in [3.8, 4) is 0 Å². The fourth-order valence-electron chi connectivity index (χ4n) is 1.77. The second-order valence-corrected chi connectivity index (χ2v) is 6.07. The summed E-state index contributed by atoms with van der Waals surface area (Å²) in [5, 5.41) is 0. The average Bonchev–Trinajstić information content (AvgIpc) is 2.40. The van der Waals surface area contributed by atoms with Gasteiger partial charge in [-0.1, -0.05) is 30.3 Å². The summed E-state index contributed by atoms with van der Waals surface area (Å²) in [5.41, 5.74) is 1.08. The van der Waals surface area contributed by atoms with E-state index < -0.39 is 9.05 Å². The smallest absolute Gasteiger partial charge is 0.351 e. The Hall–Kier alpha value is -0.723. The van der Waals surface area contributed by atoms with Gasteiger partial charge in [0.25, 0.3) is 0 Å². The van der Waals surface area contributed by atoms with Crippen LogP contribution in [0.15, 0.2) is 30.3 Å². The molecule has 1 rings (SSSR count). The van der Waals surface area contributed by atoms with Crippen LogP contribution in [-0.4, -0.2) is 28.9 Å². The number of rotatable bonds is 9. The van der Waals surface area contributed by atoms with Crippen LogP contribution in [0.1, 0.15) is 39.4 Å². The predicted molar refractivity (Wildman–Crippen MR) is 76.6 cm³/mol. The van der Waals surface area contributed by atoms with Crippen molar-refractivity contribution in [1.82, 2.24) is 0 Å². The summed E-state index contributed by atoms with van der Waals surface area (Å²) < 4.78 is 23.0. The van der Waals surface area contributed by atoms with Crippen LogP contribution in [0.2, 0.25) is 0 Å². The maximum Gasteiger partial charge on any atom is 0.680 e. The Morgan fingerprint density at radius 2 is 1.37 bits per heavy atom. The molecule has 0 spiro atoms. The summed E-state index contributed by atoms with van der Waals surface area (Å²) in [5.74, 6) is 0. The zero-order valence-corrected chi connectivity index (χ0v) is 13.2. The molecule has 0 radical (unpaired) electrons. The van der Waals surface area contributed by atoms with E-state index in [0.717, 1.165) is 5.56 Å². The minimum atomic E-state index is -3.04. The van der Waals surface area contributed by atoms with E-state index in [9.17, 15) is 0 Å². The average molecular weight is 284 g/mol. The molecule has 1 atom stereocenters. The topological polar surface area (TPSA) is 36.9 Å². The van der Waals surface area contributed by atoms with Crippen LogP contribution >= 0.6 is 0 Å². The van der Waals surface area contributed by atoms with Gasteiger partial charge in [0.15, 0.2) is 0 Å². The Morgan fingerprint density at radius 1 is 0.895 bits per heavy atom. The normalized spacial score (nSPS) is 13.5.